The van der Waals surface area contributed by atoms with E-state index in [4.69, 9.17) is 33.5 Å². The second-order valence-corrected chi connectivity index (χ2v) is 8.54. The number of ether oxygens (including phenoxy) is 1. The van der Waals surface area contributed by atoms with Gasteiger partial charge in [0.1, 0.15) is 5.75 Å². The van der Waals surface area contributed by atoms with Crippen LogP contribution in [0.3, 0.4) is 0 Å². The molecule has 188 valence electrons. The number of nitrogens with zero attached hydrogens (tertiary/aromatic N) is 4. The highest BCUT2D eigenvalue weighted by Crippen LogP contribution is 2.17. The Bertz CT molecular complexity index is 1060. The number of nitrogen functional groups attached to an aromatic ring is 2. The second-order valence-electron chi connectivity index (χ2n) is 8.19. The molecule has 1 aliphatic rings. The number of amides is 2. The Hall–Kier alpha value is -3.60. The van der Waals surface area contributed by atoms with Crippen molar-refractivity contribution in [1.82, 2.24) is 20.2 Å². The molecule has 3 rings (SSSR count). The Morgan fingerprint density at radius 3 is 2.49 bits per heavy atom. The molecule has 2 amide bonds. The van der Waals surface area contributed by atoms with Gasteiger partial charge in [-0.3, -0.25) is 19.9 Å². The van der Waals surface area contributed by atoms with Crippen molar-refractivity contribution >= 4 is 41.0 Å². The van der Waals surface area contributed by atoms with E-state index < -0.39 is 5.91 Å². The number of unbranched alkanes of at least 4 members (excludes halogenated alkanes) is 1. The summed E-state index contributed by atoms with van der Waals surface area (Å²) < 4.78 is 5.64. The molecule has 1 saturated heterocycles. The van der Waals surface area contributed by atoms with Crippen molar-refractivity contribution in [2.45, 2.75) is 38.5 Å². The molecule has 1 aliphatic heterocycles. The van der Waals surface area contributed by atoms with Gasteiger partial charge in [0, 0.05) is 19.6 Å². The molecule has 0 radical (unpaired) electrons. The van der Waals surface area contributed by atoms with Gasteiger partial charge in [0.15, 0.2) is 35.0 Å². The average molecular weight is 503 g/mol. The first-order valence-electron chi connectivity index (χ1n) is 11.5. The number of likely N-dealkylation sites (tertiary alicyclic amines) is 1. The van der Waals surface area contributed by atoms with Crippen LogP contribution in [0.25, 0.3) is 0 Å². The van der Waals surface area contributed by atoms with Crippen LogP contribution in [0.2, 0.25) is 5.15 Å². The topological polar surface area (TPSA) is 175 Å². The van der Waals surface area contributed by atoms with Gasteiger partial charge in [0.05, 0.1) is 0 Å². The molecule has 0 spiro atoms. The van der Waals surface area contributed by atoms with Crippen molar-refractivity contribution in [2.75, 3.05) is 37.7 Å². The number of carbonyl (C=O) groups excluding carboxylic acids is 2. The third kappa shape index (κ3) is 7.99. The van der Waals surface area contributed by atoms with E-state index >= 15 is 0 Å². The number of guanidine groups is 1. The molecular formula is C23H31ClN8O3. The molecule has 12 heteroatoms. The first kappa shape index (κ1) is 26.0. The number of hydrogen-bond donors (Lipinski definition) is 4. The first-order valence-corrected chi connectivity index (χ1v) is 11.9. The van der Waals surface area contributed by atoms with Gasteiger partial charge < -0.3 is 26.8 Å². The minimum atomic E-state index is -0.668. The summed E-state index contributed by atoms with van der Waals surface area (Å²) in [5.74, 6) is -0.212. The van der Waals surface area contributed by atoms with Gasteiger partial charge in [-0.25, -0.2) is 9.97 Å². The highest BCUT2D eigenvalue weighted by atomic mass is 35.5. The Morgan fingerprint density at radius 2 is 1.77 bits per heavy atom. The van der Waals surface area contributed by atoms with E-state index in [2.05, 4.69) is 20.3 Å². The van der Waals surface area contributed by atoms with Crippen LogP contribution in [0.5, 0.6) is 5.75 Å². The Kier molecular flexibility index (Phi) is 9.47. The Balaban J connectivity index is 1.35. The van der Waals surface area contributed by atoms with Gasteiger partial charge >= 0.3 is 0 Å². The lowest BCUT2D eigenvalue weighted by Gasteiger charge is -2.26. The number of hydrogen-bond acceptors (Lipinski definition) is 8. The zero-order valence-corrected chi connectivity index (χ0v) is 20.3. The lowest BCUT2D eigenvalue weighted by atomic mass is 10.1. The van der Waals surface area contributed by atoms with E-state index in [9.17, 15) is 9.59 Å². The molecule has 0 unspecified atom stereocenters. The number of benzene rings is 1. The van der Waals surface area contributed by atoms with Crippen LogP contribution in [-0.2, 0) is 11.2 Å². The van der Waals surface area contributed by atoms with Crippen molar-refractivity contribution in [1.29, 1.82) is 0 Å². The monoisotopic (exact) mass is 502 g/mol. The third-order valence-corrected chi connectivity index (χ3v) is 5.79. The molecule has 2 aromatic rings. The SMILES string of the molecule is NC(=NCCCCc1ccc(OCC(=O)N2CCCCC2)cc1)NC(=O)c1nc(Cl)c(N)nc1N. The van der Waals surface area contributed by atoms with Gasteiger partial charge in [-0.1, -0.05) is 23.7 Å². The van der Waals surface area contributed by atoms with Crippen LogP contribution in [0.15, 0.2) is 29.3 Å². The highest BCUT2D eigenvalue weighted by Gasteiger charge is 2.17. The Labute approximate surface area is 209 Å². The predicted molar refractivity (Wildman–Crippen MR) is 135 cm³/mol. The molecule has 11 nitrogen and oxygen atoms in total. The van der Waals surface area contributed by atoms with E-state index in [0.717, 1.165) is 50.8 Å². The van der Waals surface area contributed by atoms with Crippen molar-refractivity contribution < 1.29 is 14.3 Å². The summed E-state index contributed by atoms with van der Waals surface area (Å²) in [6.07, 6.45) is 5.82. The largest absolute Gasteiger partial charge is 0.484 e. The molecule has 7 N–H and O–H groups in total. The summed E-state index contributed by atoms with van der Waals surface area (Å²) in [7, 11) is 0. The van der Waals surface area contributed by atoms with E-state index in [1.807, 2.05) is 29.2 Å². The van der Waals surface area contributed by atoms with Crippen LogP contribution >= 0.6 is 11.6 Å². The number of carbonyl (C=O) groups is 2. The van der Waals surface area contributed by atoms with Gasteiger partial charge in [-0.05, 0) is 56.2 Å². The van der Waals surface area contributed by atoms with Crippen LogP contribution in [0, 0.1) is 0 Å². The number of anilines is 2. The van der Waals surface area contributed by atoms with Crippen LogP contribution < -0.4 is 27.3 Å². The maximum atomic E-state index is 12.2. The molecule has 1 aromatic carbocycles. The summed E-state index contributed by atoms with van der Waals surface area (Å²) in [6, 6.07) is 7.73. The number of piperidine rings is 1. The second kappa shape index (κ2) is 12.7. The summed E-state index contributed by atoms with van der Waals surface area (Å²) in [6.45, 7) is 2.16. The maximum Gasteiger partial charge on any atom is 0.280 e. The number of aromatic nitrogens is 2. The summed E-state index contributed by atoms with van der Waals surface area (Å²) in [5, 5.41) is 2.29. The predicted octanol–water partition coefficient (Wildman–Crippen LogP) is 1.75. The summed E-state index contributed by atoms with van der Waals surface area (Å²) >= 11 is 5.78. The van der Waals surface area contributed by atoms with Crippen LogP contribution in [0.1, 0.15) is 48.2 Å². The summed E-state index contributed by atoms with van der Waals surface area (Å²) in [5.41, 5.74) is 17.9. The average Bonchev–Trinajstić information content (AvgIpc) is 2.85. The van der Waals surface area contributed by atoms with Gasteiger partial charge in [0.25, 0.3) is 11.8 Å². The number of nitrogens with two attached hydrogens (primary N) is 3. The van der Waals surface area contributed by atoms with Gasteiger partial charge in [-0.2, -0.15) is 0 Å². The Morgan fingerprint density at radius 1 is 1.06 bits per heavy atom. The molecule has 2 heterocycles. The van der Waals surface area contributed by atoms with Crippen molar-refractivity contribution in [2.24, 2.45) is 10.7 Å². The minimum Gasteiger partial charge on any atom is -0.484 e. The van der Waals surface area contributed by atoms with Gasteiger partial charge in [-0.15, -0.1) is 0 Å². The number of nitrogens with one attached hydrogen (secondary N) is 1. The summed E-state index contributed by atoms with van der Waals surface area (Å²) in [4.78, 5) is 38.0. The van der Waals surface area contributed by atoms with Crippen molar-refractivity contribution in [3.63, 3.8) is 0 Å². The first-order chi connectivity index (χ1) is 16.8. The van der Waals surface area contributed by atoms with E-state index in [1.54, 1.807) is 0 Å². The minimum absolute atomic E-state index is 0.0402. The lowest BCUT2D eigenvalue weighted by Crippen LogP contribution is -2.38. The number of halogens is 1. The normalized spacial score (nSPS) is 14.0. The fourth-order valence-electron chi connectivity index (χ4n) is 3.60. The maximum absolute atomic E-state index is 12.2. The molecular weight excluding hydrogens is 472 g/mol. The fourth-order valence-corrected chi connectivity index (χ4v) is 3.72. The third-order valence-electron chi connectivity index (χ3n) is 5.51. The molecule has 0 saturated carbocycles. The standard InChI is InChI=1S/C23H31ClN8O3/c24-19-21(26)30-20(25)18(29-19)22(34)31-23(27)28-11-3-2-6-15-7-9-16(10-8-15)35-14-17(33)32-12-4-1-5-13-32/h7-10H,1-6,11-14H2,(H4,25,26,30)(H3,27,28,31,34). The highest BCUT2D eigenvalue weighted by molar-refractivity contribution is 6.31. The zero-order chi connectivity index (χ0) is 25.2. The smallest absolute Gasteiger partial charge is 0.280 e. The van der Waals surface area contributed by atoms with E-state index in [-0.39, 0.29) is 41.0 Å². The lowest BCUT2D eigenvalue weighted by molar-refractivity contribution is -0.134. The molecule has 0 aliphatic carbocycles. The van der Waals surface area contributed by atoms with Crippen LogP contribution in [-0.4, -0.2) is 58.9 Å². The van der Waals surface area contributed by atoms with Gasteiger partial charge in [0.2, 0.25) is 0 Å². The number of aliphatic imine (C=N–C) groups is 1. The van der Waals surface area contributed by atoms with Crippen molar-refractivity contribution in [3.05, 3.63) is 40.7 Å². The molecule has 0 bridgehead atoms. The zero-order valence-electron chi connectivity index (χ0n) is 19.5. The van der Waals surface area contributed by atoms with Crippen LogP contribution in [0.4, 0.5) is 11.6 Å². The molecule has 1 fully saturated rings. The van der Waals surface area contributed by atoms with Crippen molar-refractivity contribution in [3.8, 4) is 5.75 Å². The molecule has 35 heavy (non-hydrogen) atoms. The van der Waals surface area contributed by atoms with E-state index in [0.29, 0.717) is 12.3 Å². The molecule has 1 aromatic heterocycles. The number of aryl methyl sites for hydroxylation is 1. The molecule has 0 atom stereocenters. The fraction of sp³-hybridized carbons (Fsp3) is 0.435. The van der Waals surface area contributed by atoms with E-state index in [1.165, 1.54) is 6.42 Å². The number of rotatable bonds is 9. The quantitative estimate of drug-likeness (QED) is 0.228.